The van der Waals surface area contributed by atoms with Gasteiger partial charge in [0.15, 0.2) is 0 Å². The molecule has 1 aliphatic heterocycles. The molecule has 0 aliphatic carbocycles. The van der Waals surface area contributed by atoms with E-state index in [9.17, 15) is 0 Å². The number of ether oxygens (including phenoxy) is 1. The summed E-state index contributed by atoms with van der Waals surface area (Å²) in [6.07, 6.45) is -0.181. The van der Waals surface area contributed by atoms with E-state index in [1.54, 1.807) is 18.2 Å². The van der Waals surface area contributed by atoms with E-state index in [1.807, 2.05) is 0 Å². The van der Waals surface area contributed by atoms with Crippen molar-refractivity contribution in [2.75, 3.05) is 32.0 Å². The molecular weight excluding hydrogens is 292 g/mol. The number of nitrogen functional groups attached to an aromatic ring is 1. The van der Waals surface area contributed by atoms with Crippen LogP contribution < -0.4 is 5.73 Å². The van der Waals surface area contributed by atoms with E-state index < -0.39 is 0 Å². The van der Waals surface area contributed by atoms with Crippen molar-refractivity contribution >= 4 is 17.3 Å². The topological polar surface area (TPSA) is 77.4 Å². The van der Waals surface area contributed by atoms with Crippen LogP contribution in [0.1, 0.15) is 18.9 Å². The van der Waals surface area contributed by atoms with E-state index in [0.717, 1.165) is 19.6 Å². The Bertz CT molecular complexity index is 611. The van der Waals surface area contributed by atoms with Gasteiger partial charge in [-0.1, -0.05) is 29.7 Å². The zero-order valence-electron chi connectivity index (χ0n) is 11.8. The van der Waals surface area contributed by atoms with Gasteiger partial charge < -0.3 is 15.0 Å². The number of rotatable bonds is 3. The van der Waals surface area contributed by atoms with E-state index in [4.69, 9.17) is 26.6 Å². The van der Waals surface area contributed by atoms with Gasteiger partial charge in [-0.15, -0.1) is 0 Å². The molecule has 3 rings (SSSR count). The van der Waals surface area contributed by atoms with Crippen molar-refractivity contribution in [3.8, 4) is 11.5 Å². The highest BCUT2D eigenvalue weighted by molar-refractivity contribution is 6.33. The van der Waals surface area contributed by atoms with Crippen LogP contribution in [0.15, 0.2) is 22.7 Å². The molecule has 2 N–H and O–H groups in total. The second-order valence-electron chi connectivity index (χ2n) is 4.91. The first-order valence-corrected chi connectivity index (χ1v) is 7.28. The van der Waals surface area contributed by atoms with Gasteiger partial charge in [0.25, 0.3) is 5.89 Å². The lowest BCUT2D eigenvalue weighted by molar-refractivity contribution is -0.0334. The smallest absolute Gasteiger partial charge is 0.261 e. The summed E-state index contributed by atoms with van der Waals surface area (Å²) in [7, 11) is 0. The Labute approximate surface area is 127 Å². The normalized spacial score (nSPS) is 19.8. The maximum atomic E-state index is 6.16. The molecule has 1 unspecified atom stereocenters. The molecule has 21 heavy (non-hydrogen) atoms. The number of benzene rings is 1. The molecular formula is C14H17ClN4O2. The summed E-state index contributed by atoms with van der Waals surface area (Å²) < 4.78 is 11.0. The van der Waals surface area contributed by atoms with Gasteiger partial charge in [-0.2, -0.15) is 4.98 Å². The first-order valence-electron chi connectivity index (χ1n) is 6.91. The van der Waals surface area contributed by atoms with Gasteiger partial charge in [0.05, 0.1) is 17.2 Å². The lowest BCUT2D eigenvalue weighted by Crippen LogP contribution is -2.38. The second kappa shape index (κ2) is 6.01. The molecule has 7 heteroatoms. The molecule has 112 valence electrons. The molecule has 1 aromatic heterocycles. The molecule has 0 bridgehead atoms. The fourth-order valence-electron chi connectivity index (χ4n) is 2.38. The Morgan fingerprint density at radius 1 is 1.48 bits per heavy atom. The highest BCUT2D eigenvalue weighted by Gasteiger charge is 2.26. The molecule has 0 radical (unpaired) electrons. The van der Waals surface area contributed by atoms with E-state index in [0.29, 0.717) is 34.6 Å². The van der Waals surface area contributed by atoms with Crippen LogP contribution in [0.4, 0.5) is 5.69 Å². The monoisotopic (exact) mass is 308 g/mol. The second-order valence-corrected chi connectivity index (χ2v) is 5.32. The molecule has 0 saturated carbocycles. The van der Waals surface area contributed by atoms with Crippen molar-refractivity contribution in [3.63, 3.8) is 0 Å². The maximum Gasteiger partial charge on any atom is 0.261 e. The summed E-state index contributed by atoms with van der Waals surface area (Å²) in [5, 5.41) is 4.51. The summed E-state index contributed by atoms with van der Waals surface area (Å²) >= 11 is 6.16. The molecule has 1 aromatic carbocycles. The third-order valence-electron chi connectivity index (χ3n) is 3.59. The highest BCUT2D eigenvalue weighted by atomic mass is 35.5. The van der Waals surface area contributed by atoms with Crippen LogP contribution in [-0.2, 0) is 4.74 Å². The minimum Gasteiger partial charge on any atom is -0.398 e. The van der Waals surface area contributed by atoms with Crippen molar-refractivity contribution in [2.24, 2.45) is 0 Å². The Kier molecular flexibility index (Phi) is 4.10. The number of likely N-dealkylation sites (N-methyl/N-ethyl adjacent to an activating group) is 1. The molecule has 6 nitrogen and oxygen atoms in total. The Hall–Kier alpha value is -1.63. The lowest BCUT2D eigenvalue weighted by atomic mass is 10.2. The van der Waals surface area contributed by atoms with Gasteiger partial charge in [-0.3, -0.25) is 4.90 Å². The van der Waals surface area contributed by atoms with Gasteiger partial charge in [-0.05, 0) is 18.7 Å². The number of hydrogen-bond acceptors (Lipinski definition) is 6. The quantitative estimate of drug-likeness (QED) is 0.877. The Morgan fingerprint density at radius 2 is 2.33 bits per heavy atom. The van der Waals surface area contributed by atoms with Gasteiger partial charge >= 0.3 is 0 Å². The predicted octanol–water partition coefficient (Wildman–Crippen LogP) is 2.37. The van der Waals surface area contributed by atoms with Crippen LogP contribution >= 0.6 is 11.6 Å². The zero-order chi connectivity index (χ0) is 14.8. The SMILES string of the molecule is CCN1CCOC(c2noc(-c3c(N)cccc3Cl)n2)C1. The average Bonchev–Trinajstić information content (AvgIpc) is 2.97. The molecule has 1 atom stereocenters. The summed E-state index contributed by atoms with van der Waals surface area (Å²) in [6, 6.07) is 5.27. The van der Waals surface area contributed by atoms with Gasteiger partial charge in [0.1, 0.15) is 6.10 Å². The van der Waals surface area contributed by atoms with Crippen LogP contribution in [0.3, 0.4) is 0 Å². The fraction of sp³-hybridized carbons (Fsp3) is 0.429. The molecule has 2 aromatic rings. The maximum absolute atomic E-state index is 6.16. The van der Waals surface area contributed by atoms with Crippen LogP contribution in [0.5, 0.6) is 0 Å². The number of nitrogens with two attached hydrogens (primary N) is 1. The highest BCUT2D eigenvalue weighted by Crippen LogP contribution is 2.33. The average molecular weight is 309 g/mol. The molecule has 1 aliphatic rings. The fourth-order valence-corrected chi connectivity index (χ4v) is 2.64. The summed E-state index contributed by atoms with van der Waals surface area (Å²) in [6.45, 7) is 5.44. The van der Waals surface area contributed by atoms with Crippen LogP contribution in [0.25, 0.3) is 11.5 Å². The number of hydrogen-bond donors (Lipinski definition) is 1. The Balaban J connectivity index is 1.86. The van der Waals surface area contributed by atoms with Crippen molar-refractivity contribution in [1.29, 1.82) is 0 Å². The van der Waals surface area contributed by atoms with E-state index in [-0.39, 0.29) is 6.10 Å². The van der Waals surface area contributed by atoms with Crippen LogP contribution in [0, 0.1) is 0 Å². The van der Waals surface area contributed by atoms with E-state index in [1.165, 1.54) is 0 Å². The predicted molar refractivity (Wildman–Crippen MR) is 80.0 cm³/mol. The van der Waals surface area contributed by atoms with Crippen LogP contribution in [-0.4, -0.2) is 41.3 Å². The van der Waals surface area contributed by atoms with Crippen molar-refractivity contribution in [3.05, 3.63) is 29.0 Å². The summed E-state index contributed by atoms with van der Waals surface area (Å²) in [4.78, 5) is 6.69. The number of anilines is 1. The number of aromatic nitrogens is 2. The van der Waals surface area contributed by atoms with Gasteiger partial charge in [-0.25, -0.2) is 0 Å². The van der Waals surface area contributed by atoms with Crippen molar-refractivity contribution in [2.45, 2.75) is 13.0 Å². The van der Waals surface area contributed by atoms with Crippen molar-refractivity contribution < 1.29 is 9.26 Å². The summed E-state index contributed by atoms with van der Waals surface area (Å²) in [5.41, 5.74) is 7.01. The first kappa shape index (κ1) is 14.3. The number of morpholine rings is 1. The third-order valence-corrected chi connectivity index (χ3v) is 3.90. The molecule has 1 fully saturated rings. The van der Waals surface area contributed by atoms with Gasteiger partial charge in [0, 0.05) is 18.8 Å². The van der Waals surface area contributed by atoms with E-state index in [2.05, 4.69) is 22.0 Å². The standard InChI is InChI=1S/C14H17ClN4O2/c1-2-19-6-7-20-11(8-19)13-17-14(21-18-13)12-9(15)4-3-5-10(12)16/h3-5,11H,2,6-8,16H2,1H3. The molecule has 1 saturated heterocycles. The third kappa shape index (κ3) is 2.88. The number of nitrogens with zero attached hydrogens (tertiary/aromatic N) is 3. The summed E-state index contributed by atoms with van der Waals surface area (Å²) in [5.74, 6) is 0.854. The molecule has 2 heterocycles. The Morgan fingerprint density at radius 3 is 3.10 bits per heavy atom. The first-order chi connectivity index (χ1) is 10.2. The largest absolute Gasteiger partial charge is 0.398 e. The zero-order valence-corrected chi connectivity index (χ0v) is 12.5. The minimum atomic E-state index is -0.181. The van der Waals surface area contributed by atoms with Gasteiger partial charge in [0.2, 0.25) is 5.82 Å². The number of halogens is 1. The lowest BCUT2D eigenvalue weighted by Gasteiger charge is -2.30. The minimum absolute atomic E-state index is 0.181. The van der Waals surface area contributed by atoms with E-state index >= 15 is 0 Å². The molecule has 0 spiro atoms. The van der Waals surface area contributed by atoms with Crippen LogP contribution in [0.2, 0.25) is 5.02 Å². The van der Waals surface area contributed by atoms with Crippen molar-refractivity contribution in [1.82, 2.24) is 15.0 Å². The molecule has 0 amide bonds.